The quantitative estimate of drug-likeness (QED) is 0.804. The van der Waals surface area contributed by atoms with Crippen molar-refractivity contribution in [1.29, 1.82) is 0 Å². The normalized spacial score (nSPS) is 24.1. The number of likely N-dealkylation sites (tertiary alicyclic amines) is 1. The smallest absolute Gasteiger partial charge is 0.282 e. The fourth-order valence-corrected chi connectivity index (χ4v) is 4.37. The molecule has 3 heterocycles. The van der Waals surface area contributed by atoms with E-state index in [-0.39, 0.29) is 5.56 Å². The van der Waals surface area contributed by atoms with Crippen molar-refractivity contribution in [3.8, 4) is 0 Å². The average Bonchev–Trinajstić information content (AvgIpc) is 2.55. The fraction of sp³-hybridized carbons (Fsp3) is 0.765. The number of piperidine rings is 2. The molecule has 0 aliphatic carbocycles. The monoisotopic (exact) mass is 382 g/mol. The molecule has 1 atom stereocenters. The van der Waals surface area contributed by atoms with E-state index in [4.69, 9.17) is 0 Å². The van der Waals surface area contributed by atoms with E-state index in [1.807, 2.05) is 6.20 Å². The summed E-state index contributed by atoms with van der Waals surface area (Å²) >= 11 is 3.47. The van der Waals surface area contributed by atoms with E-state index >= 15 is 0 Å². The van der Waals surface area contributed by atoms with Crippen molar-refractivity contribution in [3.63, 3.8) is 0 Å². The Morgan fingerprint density at radius 2 is 2.00 bits per heavy atom. The highest BCUT2D eigenvalue weighted by molar-refractivity contribution is 9.10. The van der Waals surface area contributed by atoms with Crippen molar-refractivity contribution in [2.75, 3.05) is 37.6 Å². The molecule has 2 saturated heterocycles. The van der Waals surface area contributed by atoms with Gasteiger partial charge in [0, 0.05) is 26.7 Å². The molecule has 0 aromatic carbocycles. The Labute approximate surface area is 146 Å². The molecule has 6 heteroatoms. The minimum atomic E-state index is -0.0605. The molecule has 0 spiro atoms. The van der Waals surface area contributed by atoms with Crippen LogP contribution in [0.3, 0.4) is 0 Å². The van der Waals surface area contributed by atoms with Crippen LogP contribution in [-0.4, -0.2) is 47.4 Å². The highest BCUT2D eigenvalue weighted by Crippen LogP contribution is 2.28. The van der Waals surface area contributed by atoms with Gasteiger partial charge in [0.25, 0.3) is 5.56 Å². The van der Waals surface area contributed by atoms with Crippen LogP contribution >= 0.6 is 15.9 Å². The molecule has 2 aliphatic rings. The van der Waals surface area contributed by atoms with Crippen LogP contribution < -0.4 is 10.5 Å². The van der Waals surface area contributed by atoms with Crippen molar-refractivity contribution >= 4 is 21.6 Å². The summed E-state index contributed by atoms with van der Waals surface area (Å²) in [6, 6.07) is 0. The van der Waals surface area contributed by atoms with Crippen LogP contribution in [0, 0.1) is 11.8 Å². The number of nitrogens with zero attached hydrogens (tertiary/aromatic N) is 4. The van der Waals surface area contributed by atoms with Crippen molar-refractivity contribution in [3.05, 3.63) is 21.0 Å². The van der Waals surface area contributed by atoms with E-state index in [0.717, 1.165) is 24.7 Å². The van der Waals surface area contributed by atoms with Crippen molar-refractivity contribution in [2.24, 2.45) is 18.9 Å². The summed E-state index contributed by atoms with van der Waals surface area (Å²) in [5, 5.41) is 4.19. The standard InChI is InChI=1S/C17H27BrN4O/c1-13-5-8-21(9-6-13)11-14-4-3-7-22(12-14)15-10-19-20(2)17(23)16(15)18/h10,13-14H,3-9,11-12H2,1-2H3. The number of hydrogen-bond donors (Lipinski definition) is 0. The van der Waals surface area contributed by atoms with Crippen molar-refractivity contribution in [2.45, 2.75) is 32.6 Å². The topological polar surface area (TPSA) is 41.4 Å². The third-order valence-electron chi connectivity index (χ3n) is 5.31. The van der Waals surface area contributed by atoms with Crippen LogP contribution in [0.15, 0.2) is 15.5 Å². The number of anilines is 1. The van der Waals surface area contributed by atoms with Gasteiger partial charge in [-0.1, -0.05) is 6.92 Å². The SMILES string of the molecule is CC1CCN(CC2CCCN(c3cnn(C)c(=O)c3Br)C2)CC1. The molecule has 3 rings (SSSR count). The Kier molecular flexibility index (Phi) is 5.42. The molecule has 0 radical (unpaired) electrons. The molecular formula is C17H27BrN4O. The molecule has 2 aliphatic heterocycles. The minimum Gasteiger partial charge on any atom is -0.369 e. The Hall–Kier alpha value is -0.880. The zero-order chi connectivity index (χ0) is 16.4. The Balaban J connectivity index is 1.64. The third kappa shape index (κ3) is 3.97. The number of aromatic nitrogens is 2. The zero-order valence-corrected chi connectivity index (χ0v) is 15.8. The lowest BCUT2D eigenvalue weighted by molar-refractivity contribution is 0.159. The lowest BCUT2D eigenvalue weighted by Crippen LogP contribution is -2.43. The van der Waals surface area contributed by atoms with Gasteiger partial charge in [-0.05, 0) is 66.5 Å². The van der Waals surface area contributed by atoms with E-state index in [9.17, 15) is 4.79 Å². The molecule has 0 N–H and O–H groups in total. The van der Waals surface area contributed by atoms with E-state index in [1.54, 1.807) is 7.05 Å². The van der Waals surface area contributed by atoms with Crippen LogP contribution in [0.4, 0.5) is 5.69 Å². The second-order valence-corrected chi connectivity index (χ2v) is 8.00. The first-order valence-electron chi connectivity index (χ1n) is 8.73. The number of rotatable bonds is 3. The Morgan fingerprint density at radius 3 is 2.74 bits per heavy atom. The Bertz CT molecular complexity index is 595. The van der Waals surface area contributed by atoms with Crippen molar-refractivity contribution < 1.29 is 0 Å². The Morgan fingerprint density at radius 1 is 1.26 bits per heavy atom. The minimum absolute atomic E-state index is 0.0605. The molecule has 1 aromatic heterocycles. The first-order valence-corrected chi connectivity index (χ1v) is 9.53. The van der Waals surface area contributed by atoms with Gasteiger partial charge in [0.1, 0.15) is 4.47 Å². The number of hydrogen-bond acceptors (Lipinski definition) is 4. The second-order valence-electron chi connectivity index (χ2n) is 7.21. The third-order valence-corrected chi connectivity index (χ3v) is 6.06. The van der Waals surface area contributed by atoms with Gasteiger partial charge < -0.3 is 9.80 Å². The summed E-state index contributed by atoms with van der Waals surface area (Å²) in [4.78, 5) is 17.0. The summed E-state index contributed by atoms with van der Waals surface area (Å²) in [6.07, 6.45) is 6.96. The van der Waals surface area contributed by atoms with Gasteiger partial charge in [0.15, 0.2) is 0 Å². The first kappa shape index (κ1) is 17.0. The number of halogens is 1. The molecule has 2 fully saturated rings. The van der Waals surface area contributed by atoms with Crippen LogP contribution in [0.25, 0.3) is 0 Å². The zero-order valence-electron chi connectivity index (χ0n) is 14.2. The molecule has 23 heavy (non-hydrogen) atoms. The van der Waals surface area contributed by atoms with Gasteiger partial charge in [-0.3, -0.25) is 4.79 Å². The van der Waals surface area contributed by atoms with Gasteiger partial charge in [0.2, 0.25) is 0 Å². The first-order chi connectivity index (χ1) is 11.0. The molecule has 1 unspecified atom stereocenters. The predicted octanol–water partition coefficient (Wildman–Crippen LogP) is 2.49. The fourth-order valence-electron chi connectivity index (χ4n) is 3.77. The lowest BCUT2D eigenvalue weighted by Gasteiger charge is -2.38. The highest BCUT2D eigenvalue weighted by Gasteiger charge is 2.26. The molecule has 0 saturated carbocycles. The largest absolute Gasteiger partial charge is 0.369 e. The van der Waals surface area contributed by atoms with Gasteiger partial charge in [-0.2, -0.15) is 5.10 Å². The predicted molar refractivity (Wildman–Crippen MR) is 97.0 cm³/mol. The summed E-state index contributed by atoms with van der Waals surface area (Å²) < 4.78 is 2.02. The van der Waals surface area contributed by atoms with Gasteiger partial charge in [-0.25, -0.2) is 4.68 Å². The number of aryl methyl sites for hydroxylation is 1. The van der Waals surface area contributed by atoms with Gasteiger partial charge in [0.05, 0.1) is 11.9 Å². The van der Waals surface area contributed by atoms with Crippen LogP contribution in [0.2, 0.25) is 0 Å². The van der Waals surface area contributed by atoms with E-state index in [2.05, 4.69) is 37.8 Å². The van der Waals surface area contributed by atoms with E-state index < -0.39 is 0 Å². The van der Waals surface area contributed by atoms with Gasteiger partial charge in [-0.15, -0.1) is 0 Å². The molecular weight excluding hydrogens is 356 g/mol. The molecule has 0 amide bonds. The maximum absolute atomic E-state index is 12.1. The summed E-state index contributed by atoms with van der Waals surface area (Å²) in [7, 11) is 1.69. The highest BCUT2D eigenvalue weighted by atomic mass is 79.9. The molecule has 1 aromatic rings. The van der Waals surface area contributed by atoms with Crippen LogP contribution in [0.1, 0.15) is 32.6 Å². The summed E-state index contributed by atoms with van der Waals surface area (Å²) in [5.41, 5.74) is 0.889. The lowest BCUT2D eigenvalue weighted by atomic mass is 9.94. The summed E-state index contributed by atoms with van der Waals surface area (Å²) in [5.74, 6) is 1.57. The van der Waals surface area contributed by atoms with E-state index in [1.165, 1.54) is 50.0 Å². The summed E-state index contributed by atoms with van der Waals surface area (Å²) in [6.45, 7) is 8.09. The van der Waals surface area contributed by atoms with Gasteiger partial charge >= 0.3 is 0 Å². The second kappa shape index (κ2) is 7.34. The maximum atomic E-state index is 12.1. The van der Waals surface area contributed by atoms with E-state index in [0.29, 0.717) is 10.4 Å². The molecule has 128 valence electrons. The molecule has 0 bridgehead atoms. The average molecular weight is 383 g/mol. The molecule has 5 nitrogen and oxygen atoms in total. The van der Waals surface area contributed by atoms with Crippen LogP contribution in [0.5, 0.6) is 0 Å². The van der Waals surface area contributed by atoms with Crippen LogP contribution in [-0.2, 0) is 7.05 Å². The van der Waals surface area contributed by atoms with Crippen molar-refractivity contribution in [1.82, 2.24) is 14.7 Å². The maximum Gasteiger partial charge on any atom is 0.282 e.